The number of benzene rings is 2. The zero-order valence-corrected chi connectivity index (χ0v) is 14.8. The first-order valence-corrected chi connectivity index (χ1v) is 12.4. The van der Waals surface area contributed by atoms with E-state index in [9.17, 15) is 4.39 Å². The van der Waals surface area contributed by atoms with Crippen molar-refractivity contribution in [1.82, 2.24) is 0 Å². The summed E-state index contributed by atoms with van der Waals surface area (Å²) in [6.07, 6.45) is 0. The maximum atomic E-state index is 13.3. The summed E-state index contributed by atoms with van der Waals surface area (Å²) in [5.41, 5.74) is 0.849. The molecule has 0 amide bonds. The third-order valence-corrected chi connectivity index (χ3v) is 2.36. The van der Waals surface area contributed by atoms with Gasteiger partial charge in [-0.25, -0.2) is 4.39 Å². The van der Waals surface area contributed by atoms with Crippen LogP contribution in [0.1, 0.15) is 5.56 Å². The molecule has 0 aliphatic carbocycles. The summed E-state index contributed by atoms with van der Waals surface area (Å²) in [6, 6.07) is 14.8. The fraction of sp³-hybridized carbons (Fsp3) is 0.0769. The van der Waals surface area contributed by atoms with E-state index in [1.807, 2.05) is 18.2 Å². The molecule has 2 aromatic rings. The van der Waals surface area contributed by atoms with Gasteiger partial charge < -0.3 is 4.74 Å². The van der Waals surface area contributed by atoms with Crippen molar-refractivity contribution in [3.05, 3.63) is 64.9 Å². The van der Waals surface area contributed by atoms with Crippen molar-refractivity contribution < 1.29 is 25.5 Å². The predicted octanol–water partition coefficient (Wildman–Crippen LogP) is 4.70. The van der Waals surface area contributed by atoms with Crippen molar-refractivity contribution in [2.45, 2.75) is 6.61 Å². The molecule has 0 radical (unpaired) electrons. The van der Waals surface area contributed by atoms with Crippen LogP contribution in [0.3, 0.4) is 0 Å². The van der Waals surface area contributed by atoms with E-state index in [0.29, 0.717) is 0 Å². The second-order valence-corrected chi connectivity index (χ2v) is 3.63. The fourth-order valence-corrected chi connectivity index (χ4v) is 1.51. The van der Waals surface area contributed by atoms with Gasteiger partial charge in [-0.05, 0) is 12.1 Å². The van der Waals surface area contributed by atoms with E-state index in [-0.39, 0.29) is 17.4 Å². The molecule has 1 nitrogen and oxygen atoms in total. The van der Waals surface area contributed by atoms with E-state index in [0.717, 1.165) is 5.56 Å². The van der Waals surface area contributed by atoms with Crippen molar-refractivity contribution >= 4 is 25.2 Å². The molecule has 2 rings (SSSR count). The van der Waals surface area contributed by atoms with Crippen LogP contribution >= 0.6 is 25.2 Å². The zero-order valence-electron chi connectivity index (χ0n) is 9.50. The van der Waals surface area contributed by atoms with Gasteiger partial charge in [-0.2, -0.15) is 30.3 Å². The predicted molar refractivity (Wildman–Crippen MR) is 69.9 cm³/mol. The Bertz CT molecular complexity index is 461. The van der Waals surface area contributed by atoms with Gasteiger partial charge in [0.1, 0.15) is 0 Å². The van der Waals surface area contributed by atoms with Gasteiger partial charge in [-0.3, -0.25) is 0 Å². The number of rotatable bonds is 3. The quantitative estimate of drug-likeness (QED) is 0.554. The Morgan fingerprint density at radius 3 is 2.61 bits per heavy atom. The maximum absolute atomic E-state index is 13.3. The van der Waals surface area contributed by atoms with E-state index in [2.05, 4.69) is 19.7 Å². The van der Waals surface area contributed by atoms with E-state index >= 15 is 0 Å². The van der Waals surface area contributed by atoms with Crippen LogP contribution < -0.4 is 4.74 Å². The van der Waals surface area contributed by atoms with Gasteiger partial charge in [0.15, 0.2) is 11.6 Å². The average Bonchev–Trinajstić information content (AvgIpc) is 2.42. The average molecular weight is 381 g/mol. The number of halogens is 3. The molecule has 0 aliphatic heterocycles. The minimum atomic E-state index is -0.455. The molecule has 0 bridgehead atoms. The summed E-state index contributed by atoms with van der Waals surface area (Å²) < 4.78 is 18.6. The van der Waals surface area contributed by atoms with Gasteiger partial charge in [0.25, 0.3) is 0 Å². The molecule has 0 fully saturated rings. The molecule has 0 aliphatic rings. The third-order valence-electron chi connectivity index (χ3n) is 2.06. The monoisotopic (exact) mass is 378 g/mol. The molecule has 0 heterocycles. The van der Waals surface area contributed by atoms with E-state index in [1.54, 1.807) is 18.2 Å². The molecule has 0 N–H and O–H groups in total. The number of hydrogen-bond donors (Lipinski definition) is 0. The Morgan fingerprint density at radius 2 is 2.00 bits per heavy atom. The molecular weight excluding hydrogens is 372 g/mol. The molecule has 0 saturated carbocycles. The topological polar surface area (TPSA) is 9.23 Å². The van der Waals surface area contributed by atoms with Gasteiger partial charge >= 0.3 is 30.0 Å². The summed E-state index contributed by atoms with van der Waals surface area (Å²) in [5.74, 6) is -0.371. The fourth-order valence-electron chi connectivity index (χ4n) is 1.29. The first-order valence-electron chi connectivity index (χ1n) is 5.06. The number of ether oxygens (including phenoxy) is 1. The van der Waals surface area contributed by atoms with Gasteiger partial charge in [-0.15, -0.1) is 5.56 Å². The van der Waals surface area contributed by atoms with Crippen LogP contribution in [0.25, 0.3) is 0 Å². The molecule has 90 valence electrons. The molecular formula is C13H9BrClFOZn. The Labute approximate surface area is 127 Å². The molecule has 0 spiro atoms. The molecule has 5 heteroatoms. The second kappa shape index (κ2) is 8.63. The van der Waals surface area contributed by atoms with Gasteiger partial charge in [0.05, 0.1) is 11.6 Å². The van der Waals surface area contributed by atoms with Gasteiger partial charge in [0, 0.05) is 0 Å². The van der Waals surface area contributed by atoms with Crippen LogP contribution in [-0.2, 0) is 22.9 Å². The molecule has 0 atom stereocenters. The van der Waals surface area contributed by atoms with Crippen molar-refractivity contribution in [1.29, 1.82) is 0 Å². The number of hydrogen-bond acceptors (Lipinski definition) is 1. The van der Waals surface area contributed by atoms with E-state index < -0.39 is 5.82 Å². The Morgan fingerprint density at radius 1 is 1.22 bits per heavy atom. The first-order chi connectivity index (χ1) is 8.77. The van der Waals surface area contributed by atoms with E-state index in [1.165, 1.54) is 22.4 Å². The normalized spacial score (nSPS) is 9.39. The summed E-state index contributed by atoms with van der Waals surface area (Å²) in [6.45, 7) is 0.251. The summed E-state index contributed by atoms with van der Waals surface area (Å²) >= 11 is 10.1. The van der Waals surface area contributed by atoms with Gasteiger partial charge in [0.2, 0.25) is 0 Å². The van der Waals surface area contributed by atoms with Crippen LogP contribution in [0.5, 0.6) is 5.75 Å². The van der Waals surface area contributed by atoms with Crippen LogP contribution in [0.4, 0.5) is 4.39 Å². The van der Waals surface area contributed by atoms with Crippen LogP contribution in [0, 0.1) is 11.9 Å². The summed E-state index contributed by atoms with van der Waals surface area (Å²) in [4.78, 5) is 0. The summed E-state index contributed by atoms with van der Waals surface area (Å²) in [5, 5.41) is 0.274. The molecule has 2 aromatic carbocycles. The van der Waals surface area contributed by atoms with Crippen molar-refractivity contribution in [3.8, 4) is 5.75 Å². The second-order valence-electron chi connectivity index (χ2n) is 3.23. The Balaban J connectivity index is 0.000000771. The van der Waals surface area contributed by atoms with Crippen LogP contribution in [-0.4, -0.2) is 0 Å². The van der Waals surface area contributed by atoms with Crippen molar-refractivity contribution in [2.75, 3.05) is 0 Å². The Hall–Kier alpha value is -0.437. The number of para-hydroxylation sites is 1. The van der Waals surface area contributed by atoms with Crippen LogP contribution in [0.15, 0.2) is 42.5 Å². The standard InChI is InChI=1S/C13H9ClFO.BrH.Zn/c14-11-7-4-8-12(15)13(11)16-9-10-5-2-1-3-6-10;;/h1-5,7-8H,9H2;1H;/q-1;;+2/p-1. The van der Waals surface area contributed by atoms with E-state index in [4.69, 9.17) is 16.3 Å². The minimum absolute atomic E-state index is 0.0846. The SMILES string of the molecule is Fc1cccc(Cl)c1OCc1[c-]cccc1.[Zn+][Br]. The Kier molecular flexibility index (Phi) is 7.49. The van der Waals surface area contributed by atoms with Crippen molar-refractivity contribution in [2.24, 2.45) is 0 Å². The third kappa shape index (κ3) is 4.68. The molecule has 18 heavy (non-hydrogen) atoms. The summed E-state index contributed by atoms with van der Waals surface area (Å²) in [7, 11) is 0. The van der Waals surface area contributed by atoms with Gasteiger partial charge in [-0.1, -0.05) is 17.7 Å². The van der Waals surface area contributed by atoms with Crippen molar-refractivity contribution in [3.63, 3.8) is 0 Å². The zero-order chi connectivity index (χ0) is 13.4. The first kappa shape index (κ1) is 15.6. The van der Waals surface area contributed by atoms with Crippen LogP contribution in [0.2, 0.25) is 5.02 Å². The molecule has 0 saturated heterocycles. The molecule has 0 aromatic heterocycles. The molecule has 0 unspecified atom stereocenters.